The third-order valence-electron chi connectivity index (χ3n) is 3.81. The van der Waals surface area contributed by atoms with E-state index in [1.165, 1.54) is 6.92 Å². The molecule has 1 aromatic carbocycles. The Kier molecular flexibility index (Phi) is 6.37. The Labute approximate surface area is 153 Å². The van der Waals surface area contributed by atoms with Crippen LogP contribution in [0.4, 0.5) is 4.79 Å². The number of morpholine rings is 1. The zero-order valence-corrected chi connectivity index (χ0v) is 15.7. The average molecular weight is 362 g/mol. The lowest BCUT2D eigenvalue weighted by molar-refractivity contribution is -0.0218. The number of benzene rings is 1. The van der Waals surface area contributed by atoms with E-state index in [-0.39, 0.29) is 24.3 Å². The number of ether oxygens (including phenoxy) is 2. The zero-order valence-electron chi connectivity index (χ0n) is 15.7. The number of amides is 2. The van der Waals surface area contributed by atoms with Gasteiger partial charge in [-0.3, -0.25) is 9.59 Å². The van der Waals surface area contributed by atoms with E-state index in [2.05, 4.69) is 5.32 Å². The second kappa shape index (κ2) is 8.31. The molecule has 0 bridgehead atoms. The Bertz CT molecular complexity index is 681. The number of nitrogens with one attached hydrogen (secondary N) is 1. The van der Waals surface area contributed by atoms with Crippen LogP contribution in [0.15, 0.2) is 24.3 Å². The van der Waals surface area contributed by atoms with Gasteiger partial charge in [0.05, 0.1) is 12.7 Å². The zero-order chi connectivity index (χ0) is 19.3. The molecule has 7 nitrogen and oxygen atoms in total. The number of nitrogens with zero attached hydrogens (tertiary/aromatic N) is 1. The topological polar surface area (TPSA) is 84.9 Å². The molecule has 1 aliphatic rings. The van der Waals surface area contributed by atoms with Crippen LogP contribution < -0.4 is 5.32 Å². The minimum atomic E-state index is -0.568. The minimum Gasteiger partial charge on any atom is -0.444 e. The fourth-order valence-electron chi connectivity index (χ4n) is 2.59. The molecular formula is C19H26N2O5. The number of hydrogen-bond donors (Lipinski definition) is 1. The van der Waals surface area contributed by atoms with Crippen molar-refractivity contribution in [3.8, 4) is 0 Å². The van der Waals surface area contributed by atoms with Crippen molar-refractivity contribution in [2.45, 2.75) is 39.4 Å². The van der Waals surface area contributed by atoms with Gasteiger partial charge in [-0.25, -0.2) is 4.79 Å². The summed E-state index contributed by atoms with van der Waals surface area (Å²) in [5, 5.41) is 2.66. The Morgan fingerprint density at radius 1 is 1.27 bits per heavy atom. The standard InChI is InChI=1S/C19H26N2O5/c1-13(22)14-6-5-7-15(10-14)17(23)21-8-9-25-16(12-21)11-20-18(24)26-19(2,3)4/h5-7,10,16H,8-9,11-12H2,1-4H3,(H,20,24). The molecular weight excluding hydrogens is 336 g/mol. The van der Waals surface area contributed by atoms with Crippen molar-refractivity contribution in [2.24, 2.45) is 0 Å². The van der Waals surface area contributed by atoms with Gasteiger partial charge in [-0.15, -0.1) is 0 Å². The molecule has 0 radical (unpaired) electrons. The van der Waals surface area contributed by atoms with Crippen LogP contribution in [0.25, 0.3) is 0 Å². The quantitative estimate of drug-likeness (QED) is 0.831. The smallest absolute Gasteiger partial charge is 0.407 e. The highest BCUT2D eigenvalue weighted by Gasteiger charge is 2.26. The largest absolute Gasteiger partial charge is 0.444 e. The van der Waals surface area contributed by atoms with Gasteiger partial charge in [0.25, 0.3) is 5.91 Å². The van der Waals surface area contributed by atoms with Gasteiger partial charge in [-0.2, -0.15) is 0 Å². The van der Waals surface area contributed by atoms with Gasteiger partial charge in [-0.05, 0) is 39.8 Å². The van der Waals surface area contributed by atoms with Crippen LogP contribution >= 0.6 is 0 Å². The maximum atomic E-state index is 12.7. The highest BCUT2D eigenvalue weighted by atomic mass is 16.6. The van der Waals surface area contributed by atoms with E-state index in [1.807, 2.05) is 0 Å². The molecule has 0 spiro atoms. The van der Waals surface area contributed by atoms with Gasteiger partial charge in [0.15, 0.2) is 5.78 Å². The SMILES string of the molecule is CC(=O)c1cccc(C(=O)N2CCOC(CNC(=O)OC(C)(C)C)C2)c1. The predicted molar refractivity (Wildman–Crippen MR) is 96.3 cm³/mol. The summed E-state index contributed by atoms with van der Waals surface area (Å²) in [4.78, 5) is 37.6. The molecule has 0 aromatic heterocycles. The van der Waals surface area contributed by atoms with E-state index in [0.717, 1.165) is 0 Å². The third-order valence-corrected chi connectivity index (χ3v) is 3.81. The maximum absolute atomic E-state index is 12.7. The molecule has 0 aliphatic carbocycles. The fraction of sp³-hybridized carbons (Fsp3) is 0.526. The molecule has 0 saturated carbocycles. The van der Waals surface area contributed by atoms with Crippen molar-refractivity contribution in [3.05, 3.63) is 35.4 Å². The van der Waals surface area contributed by atoms with Crippen LogP contribution in [0.5, 0.6) is 0 Å². The molecule has 1 unspecified atom stereocenters. The minimum absolute atomic E-state index is 0.0823. The molecule has 142 valence electrons. The van der Waals surface area contributed by atoms with E-state index in [1.54, 1.807) is 49.9 Å². The molecule has 1 heterocycles. The number of hydrogen-bond acceptors (Lipinski definition) is 5. The van der Waals surface area contributed by atoms with Crippen molar-refractivity contribution in [1.29, 1.82) is 0 Å². The van der Waals surface area contributed by atoms with Crippen LogP contribution in [0.2, 0.25) is 0 Å². The lowest BCUT2D eigenvalue weighted by Gasteiger charge is -2.33. The van der Waals surface area contributed by atoms with Gasteiger partial charge in [0.1, 0.15) is 5.60 Å². The Morgan fingerprint density at radius 3 is 2.62 bits per heavy atom. The number of carbonyl (C=O) groups excluding carboxylic acids is 3. The molecule has 1 atom stereocenters. The molecule has 1 saturated heterocycles. The van der Waals surface area contributed by atoms with Gasteiger partial charge >= 0.3 is 6.09 Å². The first-order valence-electron chi connectivity index (χ1n) is 8.64. The highest BCUT2D eigenvalue weighted by Crippen LogP contribution is 2.13. The number of Topliss-reactive ketones (excluding diaryl/α,β-unsaturated/α-hetero) is 1. The first kappa shape index (κ1) is 19.9. The van der Waals surface area contributed by atoms with Crippen LogP contribution in [-0.2, 0) is 9.47 Å². The van der Waals surface area contributed by atoms with Gasteiger partial charge < -0.3 is 19.7 Å². The number of ketones is 1. The van der Waals surface area contributed by atoms with Crippen molar-refractivity contribution < 1.29 is 23.9 Å². The van der Waals surface area contributed by atoms with E-state index in [0.29, 0.717) is 30.8 Å². The Balaban J connectivity index is 1.93. The Hall–Kier alpha value is -2.41. The van der Waals surface area contributed by atoms with Gasteiger partial charge in [-0.1, -0.05) is 12.1 Å². The van der Waals surface area contributed by atoms with Crippen molar-refractivity contribution in [1.82, 2.24) is 10.2 Å². The van der Waals surface area contributed by atoms with Crippen LogP contribution in [0.1, 0.15) is 48.4 Å². The summed E-state index contributed by atoms with van der Waals surface area (Å²) < 4.78 is 10.8. The second-order valence-corrected chi connectivity index (χ2v) is 7.26. The van der Waals surface area contributed by atoms with Gasteiger partial charge in [0.2, 0.25) is 0 Å². The van der Waals surface area contributed by atoms with E-state index in [4.69, 9.17) is 9.47 Å². The van der Waals surface area contributed by atoms with E-state index >= 15 is 0 Å². The van der Waals surface area contributed by atoms with Crippen molar-refractivity contribution in [3.63, 3.8) is 0 Å². The number of alkyl carbamates (subject to hydrolysis) is 1. The van der Waals surface area contributed by atoms with Crippen LogP contribution in [0.3, 0.4) is 0 Å². The Morgan fingerprint density at radius 2 is 1.96 bits per heavy atom. The highest BCUT2D eigenvalue weighted by molar-refractivity contribution is 5.99. The summed E-state index contributed by atoms with van der Waals surface area (Å²) in [5.41, 5.74) is 0.409. The molecule has 1 fully saturated rings. The molecule has 1 aliphatic heterocycles. The third kappa shape index (κ3) is 5.84. The summed E-state index contributed by atoms with van der Waals surface area (Å²) >= 11 is 0. The predicted octanol–water partition coefficient (Wildman–Crippen LogP) is 2.25. The summed E-state index contributed by atoms with van der Waals surface area (Å²) in [7, 11) is 0. The first-order chi connectivity index (χ1) is 12.2. The fourth-order valence-corrected chi connectivity index (χ4v) is 2.59. The van der Waals surface area contributed by atoms with Crippen LogP contribution in [0, 0.1) is 0 Å². The lowest BCUT2D eigenvalue weighted by atomic mass is 10.1. The summed E-state index contributed by atoms with van der Waals surface area (Å²) in [5.74, 6) is -0.236. The number of carbonyl (C=O) groups is 3. The van der Waals surface area contributed by atoms with E-state index in [9.17, 15) is 14.4 Å². The first-order valence-corrected chi connectivity index (χ1v) is 8.64. The van der Waals surface area contributed by atoms with Crippen molar-refractivity contribution >= 4 is 17.8 Å². The molecule has 26 heavy (non-hydrogen) atoms. The molecule has 1 aromatic rings. The normalized spacial score (nSPS) is 17.5. The van der Waals surface area contributed by atoms with Crippen LogP contribution in [-0.4, -0.2) is 60.6 Å². The monoisotopic (exact) mass is 362 g/mol. The maximum Gasteiger partial charge on any atom is 0.407 e. The van der Waals surface area contributed by atoms with Crippen molar-refractivity contribution in [2.75, 3.05) is 26.2 Å². The molecule has 2 rings (SSSR count). The lowest BCUT2D eigenvalue weighted by Crippen LogP contribution is -2.50. The summed E-state index contributed by atoms with van der Waals surface area (Å²) in [6.45, 7) is 8.31. The molecule has 7 heteroatoms. The second-order valence-electron chi connectivity index (χ2n) is 7.26. The molecule has 1 N–H and O–H groups in total. The van der Waals surface area contributed by atoms with E-state index < -0.39 is 11.7 Å². The summed E-state index contributed by atoms with van der Waals surface area (Å²) in [6.07, 6.45) is -0.824. The summed E-state index contributed by atoms with van der Waals surface area (Å²) in [6, 6.07) is 6.68. The van der Waals surface area contributed by atoms with Gasteiger partial charge in [0, 0.05) is 30.8 Å². The number of rotatable bonds is 4. The molecule has 2 amide bonds. The average Bonchev–Trinajstić information content (AvgIpc) is 2.58.